The molecule has 0 radical (unpaired) electrons. The number of hydrogen-bond acceptors (Lipinski definition) is 0. The van der Waals surface area contributed by atoms with Gasteiger partial charge in [-0.15, -0.1) is 0 Å². The smallest absolute Gasteiger partial charge is 0.000585 e. The molecule has 2 bridgehead atoms. The molecule has 0 aromatic rings. The highest BCUT2D eigenvalue weighted by Crippen LogP contribution is 2.76. The van der Waals surface area contributed by atoms with Crippen LogP contribution in [-0.4, -0.2) is 0 Å². The predicted molar refractivity (Wildman–Crippen MR) is 60.0 cm³/mol. The van der Waals surface area contributed by atoms with E-state index in [0.29, 0.717) is 10.8 Å². The molecular weight excluding hydrogens is 168 g/mol. The molecule has 0 unspecified atom stereocenters. The van der Waals surface area contributed by atoms with E-state index in [1.165, 1.54) is 25.7 Å². The molecule has 78 valence electrons. The molecule has 3 saturated carbocycles. The maximum atomic E-state index is 4.40. The van der Waals surface area contributed by atoms with Gasteiger partial charge in [-0.25, -0.2) is 0 Å². The van der Waals surface area contributed by atoms with E-state index < -0.39 is 0 Å². The minimum absolute atomic E-state index is 0.553. The highest BCUT2D eigenvalue weighted by molar-refractivity contribution is 5.32. The van der Waals surface area contributed by atoms with Crippen molar-refractivity contribution in [2.75, 3.05) is 0 Å². The lowest BCUT2D eigenvalue weighted by molar-refractivity contribution is 0.134. The molecule has 3 rings (SSSR count). The van der Waals surface area contributed by atoms with Crippen LogP contribution in [0.15, 0.2) is 12.2 Å². The van der Waals surface area contributed by atoms with Gasteiger partial charge in [-0.1, -0.05) is 32.9 Å². The molecule has 0 aromatic heterocycles. The quantitative estimate of drug-likeness (QED) is 0.506. The average Bonchev–Trinajstić information content (AvgIpc) is 2.61. The van der Waals surface area contributed by atoms with Crippen LogP contribution in [0, 0.1) is 28.6 Å². The molecule has 0 heterocycles. The Morgan fingerprint density at radius 2 is 2.07 bits per heavy atom. The van der Waals surface area contributed by atoms with Crippen molar-refractivity contribution < 1.29 is 0 Å². The van der Waals surface area contributed by atoms with E-state index in [1.54, 1.807) is 5.57 Å². The minimum Gasteiger partial charge on any atom is -0.0993 e. The Balaban J connectivity index is 2.14. The summed E-state index contributed by atoms with van der Waals surface area (Å²) < 4.78 is 0. The van der Waals surface area contributed by atoms with Crippen molar-refractivity contribution in [1.82, 2.24) is 0 Å². The average molecular weight is 190 g/mol. The minimum atomic E-state index is 0.553. The second-order valence-electron chi connectivity index (χ2n) is 6.56. The highest BCUT2D eigenvalue weighted by atomic mass is 14.7. The Hall–Kier alpha value is -0.260. The van der Waals surface area contributed by atoms with Crippen molar-refractivity contribution >= 4 is 0 Å². The number of allylic oxidation sites excluding steroid dienone is 1. The van der Waals surface area contributed by atoms with Crippen LogP contribution in [0.5, 0.6) is 0 Å². The summed E-state index contributed by atoms with van der Waals surface area (Å²) in [6, 6.07) is 0. The fourth-order valence-electron chi connectivity index (χ4n) is 5.24. The van der Waals surface area contributed by atoms with Gasteiger partial charge in [0.15, 0.2) is 0 Å². The van der Waals surface area contributed by atoms with Crippen molar-refractivity contribution in [3.8, 4) is 0 Å². The zero-order valence-electron chi connectivity index (χ0n) is 9.77. The molecule has 0 saturated heterocycles. The first-order chi connectivity index (χ1) is 6.50. The van der Waals surface area contributed by atoms with E-state index in [4.69, 9.17) is 0 Å². The predicted octanol–water partition coefficient (Wildman–Crippen LogP) is 4.02. The van der Waals surface area contributed by atoms with E-state index in [2.05, 4.69) is 27.4 Å². The van der Waals surface area contributed by atoms with Gasteiger partial charge < -0.3 is 0 Å². The lowest BCUT2D eigenvalue weighted by atomic mass is 9.64. The van der Waals surface area contributed by atoms with Gasteiger partial charge in [0.25, 0.3) is 0 Å². The Labute approximate surface area is 87.8 Å². The summed E-state index contributed by atoms with van der Waals surface area (Å²) in [6.45, 7) is 11.9. The van der Waals surface area contributed by atoms with Crippen LogP contribution in [0.1, 0.15) is 46.5 Å². The van der Waals surface area contributed by atoms with Crippen LogP contribution in [-0.2, 0) is 0 Å². The van der Waals surface area contributed by atoms with Gasteiger partial charge in [-0.2, -0.15) is 0 Å². The molecule has 3 aliphatic carbocycles. The number of fused-ring (bicyclic) bond motifs is 1. The Morgan fingerprint density at radius 3 is 2.64 bits per heavy atom. The molecule has 0 aromatic carbocycles. The van der Waals surface area contributed by atoms with E-state index in [9.17, 15) is 0 Å². The second-order valence-corrected chi connectivity index (χ2v) is 6.56. The topological polar surface area (TPSA) is 0 Å². The van der Waals surface area contributed by atoms with Crippen LogP contribution in [0.3, 0.4) is 0 Å². The monoisotopic (exact) mass is 190 g/mol. The summed E-state index contributed by atoms with van der Waals surface area (Å²) in [6.07, 6.45) is 5.70. The molecule has 14 heavy (non-hydrogen) atoms. The standard InChI is InChI=1S/C14H22/c1-9-5-6-14-10(2)7-11(8-12(9)14)13(14,3)4/h9,11-12H,2,5-8H2,1,3-4H3/t9-,11+,12+,14-/m1/s1. The molecular formula is C14H22. The fourth-order valence-corrected chi connectivity index (χ4v) is 5.24. The SMILES string of the molecule is C=C1C[C@H]2C[C@H]3[C@H](C)CC[C@@]13C2(C)C. The van der Waals surface area contributed by atoms with Crippen LogP contribution in [0.25, 0.3) is 0 Å². The van der Waals surface area contributed by atoms with Crippen molar-refractivity contribution in [1.29, 1.82) is 0 Å². The van der Waals surface area contributed by atoms with Gasteiger partial charge in [0, 0.05) is 0 Å². The third-order valence-corrected chi connectivity index (χ3v) is 6.15. The summed E-state index contributed by atoms with van der Waals surface area (Å²) in [5, 5.41) is 0. The summed E-state index contributed by atoms with van der Waals surface area (Å²) >= 11 is 0. The van der Waals surface area contributed by atoms with Gasteiger partial charge in [-0.3, -0.25) is 0 Å². The number of hydrogen-bond donors (Lipinski definition) is 0. The number of rotatable bonds is 0. The van der Waals surface area contributed by atoms with Gasteiger partial charge in [-0.05, 0) is 54.3 Å². The van der Waals surface area contributed by atoms with Gasteiger partial charge in [0.1, 0.15) is 0 Å². The lowest BCUT2D eigenvalue weighted by Gasteiger charge is -2.40. The Morgan fingerprint density at radius 1 is 1.36 bits per heavy atom. The highest BCUT2D eigenvalue weighted by Gasteiger charge is 2.68. The molecule has 0 aliphatic heterocycles. The largest absolute Gasteiger partial charge is 0.0993 e. The molecule has 0 amide bonds. The summed E-state index contributed by atoms with van der Waals surface area (Å²) in [4.78, 5) is 0. The van der Waals surface area contributed by atoms with E-state index in [0.717, 1.165) is 17.8 Å². The second kappa shape index (κ2) is 2.28. The van der Waals surface area contributed by atoms with Gasteiger partial charge in [0.2, 0.25) is 0 Å². The molecule has 1 spiro atoms. The molecule has 0 heteroatoms. The zero-order valence-corrected chi connectivity index (χ0v) is 9.77. The van der Waals surface area contributed by atoms with E-state index in [-0.39, 0.29) is 0 Å². The fraction of sp³-hybridized carbons (Fsp3) is 0.857. The zero-order chi connectivity index (χ0) is 10.1. The Kier molecular flexibility index (Phi) is 1.47. The van der Waals surface area contributed by atoms with Crippen LogP contribution < -0.4 is 0 Å². The van der Waals surface area contributed by atoms with Crippen molar-refractivity contribution in [3.05, 3.63) is 12.2 Å². The lowest BCUT2D eigenvalue weighted by Crippen LogP contribution is -2.33. The molecule has 0 nitrogen and oxygen atoms in total. The molecule has 0 N–H and O–H groups in total. The first-order valence-electron chi connectivity index (χ1n) is 6.18. The third kappa shape index (κ3) is 0.677. The van der Waals surface area contributed by atoms with Crippen molar-refractivity contribution in [2.24, 2.45) is 28.6 Å². The first kappa shape index (κ1) is 9.00. The third-order valence-electron chi connectivity index (χ3n) is 6.15. The van der Waals surface area contributed by atoms with E-state index in [1.807, 2.05) is 0 Å². The first-order valence-corrected chi connectivity index (χ1v) is 6.18. The normalized spacial score (nSPS) is 53.9. The summed E-state index contributed by atoms with van der Waals surface area (Å²) in [7, 11) is 0. The Bertz CT molecular complexity index is 299. The van der Waals surface area contributed by atoms with Crippen LogP contribution in [0.4, 0.5) is 0 Å². The summed E-state index contributed by atoms with van der Waals surface area (Å²) in [5.74, 6) is 2.88. The maximum Gasteiger partial charge on any atom is -0.000585 e. The van der Waals surface area contributed by atoms with Crippen molar-refractivity contribution in [2.45, 2.75) is 46.5 Å². The molecule has 3 aliphatic rings. The van der Waals surface area contributed by atoms with Gasteiger partial charge >= 0.3 is 0 Å². The van der Waals surface area contributed by atoms with Crippen LogP contribution in [0.2, 0.25) is 0 Å². The van der Waals surface area contributed by atoms with Crippen LogP contribution >= 0.6 is 0 Å². The molecule has 4 atom stereocenters. The molecule has 3 fully saturated rings. The van der Waals surface area contributed by atoms with E-state index >= 15 is 0 Å². The summed E-state index contributed by atoms with van der Waals surface area (Å²) in [5.41, 5.74) is 2.71. The van der Waals surface area contributed by atoms with Gasteiger partial charge in [0.05, 0.1) is 0 Å². The maximum absolute atomic E-state index is 4.40. The van der Waals surface area contributed by atoms with Crippen molar-refractivity contribution in [3.63, 3.8) is 0 Å².